The van der Waals surface area contributed by atoms with Gasteiger partial charge in [0.25, 0.3) is 0 Å². The average Bonchev–Trinajstić information content (AvgIpc) is 3.00. The lowest BCUT2D eigenvalue weighted by Crippen LogP contribution is -1.95. The number of hydrogen-bond donors (Lipinski definition) is 0. The van der Waals surface area contributed by atoms with Gasteiger partial charge < -0.3 is 0 Å². The van der Waals surface area contributed by atoms with Crippen molar-refractivity contribution < 1.29 is 0 Å². The van der Waals surface area contributed by atoms with E-state index in [1.54, 1.807) is 6.20 Å². The summed E-state index contributed by atoms with van der Waals surface area (Å²) in [5, 5.41) is 4.78. The first-order valence-corrected chi connectivity index (χ1v) is 7.47. The number of alkyl halides is 1. The zero-order chi connectivity index (χ0) is 14.8. The van der Waals surface area contributed by atoms with E-state index in [2.05, 4.69) is 5.10 Å². The zero-order valence-electron chi connectivity index (χ0n) is 11.5. The largest absolute Gasteiger partial charge is 0.241 e. The summed E-state index contributed by atoms with van der Waals surface area (Å²) in [7, 11) is 0. The van der Waals surface area contributed by atoms with Crippen molar-refractivity contribution in [3.8, 4) is 5.69 Å². The molecule has 0 saturated heterocycles. The number of halogens is 2. The number of benzene rings is 2. The molecule has 3 aromatic rings. The van der Waals surface area contributed by atoms with Crippen molar-refractivity contribution in [1.82, 2.24) is 9.78 Å². The van der Waals surface area contributed by atoms with Crippen molar-refractivity contribution >= 4 is 23.2 Å². The number of aryl methyl sites for hydroxylation is 1. The number of hydrogen-bond acceptors (Lipinski definition) is 1. The van der Waals surface area contributed by atoms with Gasteiger partial charge in [0.05, 0.1) is 17.3 Å². The lowest BCUT2D eigenvalue weighted by Gasteiger charge is -2.11. The fourth-order valence-corrected chi connectivity index (χ4v) is 2.82. The van der Waals surface area contributed by atoms with Gasteiger partial charge in [-0.1, -0.05) is 48.0 Å². The Morgan fingerprint density at radius 1 is 1.05 bits per heavy atom. The van der Waals surface area contributed by atoms with Gasteiger partial charge in [-0.2, -0.15) is 5.10 Å². The summed E-state index contributed by atoms with van der Waals surface area (Å²) >= 11 is 12.9. The molecule has 0 fully saturated rings. The molecule has 0 saturated carbocycles. The van der Waals surface area contributed by atoms with Crippen LogP contribution in [0.1, 0.15) is 22.1 Å². The molecular weight excluding hydrogens is 303 g/mol. The Morgan fingerprint density at radius 2 is 1.81 bits per heavy atom. The Morgan fingerprint density at radius 3 is 2.57 bits per heavy atom. The van der Waals surface area contributed by atoms with Gasteiger partial charge in [-0.15, -0.1) is 11.6 Å². The topological polar surface area (TPSA) is 17.8 Å². The van der Waals surface area contributed by atoms with Gasteiger partial charge >= 0.3 is 0 Å². The summed E-state index contributed by atoms with van der Waals surface area (Å²) in [6, 6.07) is 15.8. The maximum Gasteiger partial charge on any atom is 0.0880 e. The van der Waals surface area contributed by atoms with Crippen molar-refractivity contribution in [2.75, 3.05) is 0 Å². The lowest BCUT2D eigenvalue weighted by atomic mass is 10.0. The predicted molar refractivity (Wildman–Crippen MR) is 87.4 cm³/mol. The lowest BCUT2D eigenvalue weighted by molar-refractivity contribution is 0.880. The molecule has 0 aliphatic rings. The monoisotopic (exact) mass is 316 g/mol. The Balaban J connectivity index is 1.95. The van der Waals surface area contributed by atoms with E-state index in [0.29, 0.717) is 5.02 Å². The molecular formula is C17H14Cl2N2. The Kier molecular flexibility index (Phi) is 4.00. The van der Waals surface area contributed by atoms with Crippen LogP contribution in [0.25, 0.3) is 5.69 Å². The maximum atomic E-state index is 6.57. The van der Waals surface area contributed by atoms with Gasteiger partial charge in [-0.3, -0.25) is 0 Å². The second-order valence-electron chi connectivity index (χ2n) is 4.89. The van der Waals surface area contributed by atoms with Crippen LogP contribution in [0.3, 0.4) is 0 Å². The van der Waals surface area contributed by atoms with E-state index >= 15 is 0 Å². The van der Waals surface area contributed by atoms with Gasteiger partial charge in [0.2, 0.25) is 0 Å². The van der Waals surface area contributed by atoms with Crippen molar-refractivity contribution in [3.63, 3.8) is 0 Å². The third-order valence-electron chi connectivity index (χ3n) is 3.41. The molecule has 0 amide bonds. The molecule has 0 aliphatic carbocycles. The quantitative estimate of drug-likeness (QED) is 0.610. The fourth-order valence-electron chi connectivity index (χ4n) is 2.23. The first-order chi connectivity index (χ1) is 10.2. The molecule has 1 aromatic heterocycles. The van der Waals surface area contributed by atoms with Gasteiger partial charge in [0, 0.05) is 16.8 Å². The van der Waals surface area contributed by atoms with E-state index in [1.807, 2.05) is 66.3 Å². The molecule has 1 heterocycles. The van der Waals surface area contributed by atoms with Crippen LogP contribution in [0.15, 0.2) is 60.9 Å². The Labute approximate surface area is 133 Å². The number of rotatable bonds is 3. The molecule has 1 atom stereocenters. The van der Waals surface area contributed by atoms with Crippen molar-refractivity contribution in [2.24, 2.45) is 0 Å². The van der Waals surface area contributed by atoms with Crippen molar-refractivity contribution in [3.05, 3.63) is 82.6 Å². The molecule has 0 radical (unpaired) electrons. The highest BCUT2D eigenvalue weighted by atomic mass is 35.5. The number of aromatic nitrogens is 2. The van der Waals surface area contributed by atoms with Crippen LogP contribution >= 0.6 is 23.2 Å². The van der Waals surface area contributed by atoms with Crippen LogP contribution in [-0.2, 0) is 0 Å². The maximum absolute atomic E-state index is 6.57. The summed E-state index contributed by atoms with van der Waals surface area (Å²) in [6.45, 7) is 1.98. The third-order valence-corrected chi connectivity index (χ3v) is 4.41. The minimum absolute atomic E-state index is 0.310. The predicted octanol–water partition coefficient (Wildman–Crippen LogP) is 5.16. The molecule has 0 bridgehead atoms. The SMILES string of the molecule is Cc1cccc(C(Cl)c2cnn(-c3ccccc3)c2)c1Cl. The van der Waals surface area contributed by atoms with Crippen LogP contribution in [0.2, 0.25) is 5.02 Å². The third kappa shape index (κ3) is 2.82. The molecule has 2 aromatic carbocycles. The highest BCUT2D eigenvalue weighted by Crippen LogP contribution is 2.35. The van der Waals surface area contributed by atoms with Gasteiger partial charge in [0.1, 0.15) is 0 Å². The summed E-state index contributed by atoms with van der Waals surface area (Å²) in [4.78, 5) is 0. The minimum Gasteiger partial charge on any atom is -0.241 e. The molecule has 4 heteroatoms. The molecule has 21 heavy (non-hydrogen) atoms. The van der Waals surface area contributed by atoms with Gasteiger partial charge in [0.15, 0.2) is 0 Å². The van der Waals surface area contributed by atoms with Gasteiger partial charge in [-0.05, 0) is 30.2 Å². The van der Waals surface area contributed by atoms with Gasteiger partial charge in [-0.25, -0.2) is 4.68 Å². The van der Waals surface area contributed by atoms with Crippen LogP contribution in [0.4, 0.5) is 0 Å². The van der Waals surface area contributed by atoms with Crippen molar-refractivity contribution in [2.45, 2.75) is 12.3 Å². The summed E-state index contributed by atoms with van der Waals surface area (Å²) < 4.78 is 1.81. The van der Waals surface area contributed by atoms with E-state index < -0.39 is 0 Å². The molecule has 106 valence electrons. The normalized spacial score (nSPS) is 12.3. The van der Waals surface area contributed by atoms with Crippen LogP contribution in [0, 0.1) is 6.92 Å². The van der Waals surface area contributed by atoms with E-state index in [-0.39, 0.29) is 5.38 Å². The highest BCUT2D eigenvalue weighted by molar-refractivity contribution is 6.33. The zero-order valence-corrected chi connectivity index (χ0v) is 13.0. The smallest absolute Gasteiger partial charge is 0.0880 e. The molecule has 0 spiro atoms. The van der Waals surface area contributed by atoms with Crippen LogP contribution < -0.4 is 0 Å². The summed E-state index contributed by atoms with van der Waals surface area (Å²) in [5.41, 5.74) is 3.86. The number of nitrogens with zero attached hydrogens (tertiary/aromatic N) is 2. The average molecular weight is 317 g/mol. The Hall–Kier alpha value is -1.77. The standard InChI is InChI=1S/C17H14Cl2N2/c1-12-6-5-9-15(16(12)18)17(19)13-10-20-21(11-13)14-7-3-2-4-8-14/h2-11,17H,1H3. The van der Waals surface area contributed by atoms with Crippen LogP contribution in [-0.4, -0.2) is 9.78 Å². The summed E-state index contributed by atoms with van der Waals surface area (Å²) in [5.74, 6) is 0. The van der Waals surface area contributed by atoms with Crippen molar-refractivity contribution in [1.29, 1.82) is 0 Å². The first kappa shape index (κ1) is 14.2. The number of para-hydroxylation sites is 1. The second kappa shape index (κ2) is 5.92. The minimum atomic E-state index is -0.310. The highest BCUT2D eigenvalue weighted by Gasteiger charge is 2.17. The fraction of sp³-hybridized carbons (Fsp3) is 0.118. The molecule has 2 nitrogen and oxygen atoms in total. The summed E-state index contributed by atoms with van der Waals surface area (Å²) in [6.07, 6.45) is 3.72. The first-order valence-electron chi connectivity index (χ1n) is 6.66. The van der Waals surface area contributed by atoms with E-state index in [1.165, 1.54) is 0 Å². The van der Waals surface area contributed by atoms with E-state index in [0.717, 1.165) is 22.4 Å². The molecule has 0 aliphatic heterocycles. The Bertz CT molecular complexity index is 750. The molecule has 1 unspecified atom stereocenters. The van der Waals surface area contributed by atoms with Crippen LogP contribution in [0.5, 0.6) is 0 Å². The molecule has 3 rings (SSSR count). The molecule has 0 N–H and O–H groups in total. The van der Waals surface area contributed by atoms with E-state index in [9.17, 15) is 0 Å². The second-order valence-corrected chi connectivity index (χ2v) is 5.71. The van der Waals surface area contributed by atoms with E-state index in [4.69, 9.17) is 23.2 Å².